The zero-order valence-electron chi connectivity index (χ0n) is 8.28. The first kappa shape index (κ1) is 9.53. The highest BCUT2D eigenvalue weighted by molar-refractivity contribution is 5.95. The van der Waals surface area contributed by atoms with Gasteiger partial charge < -0.3 is 10.1 Å². The number of anilines is 1. The van der Waals surface area contributed by atoms with Crippen LogP contribution in [0.3, 0.4) is 0 Å². The van der Waals surface area contributed by atoms with Crippen molar-refractivity contribution in [3.63, 3.8) is 0 Å². The number of carbonyl (C=O) groups excluding carboxylic acids is 1. The maximum atomic E-state index is 11.3. The molecule has 0 unspecified atom stereocenters. The van der Waals surface area contributed by atoms with Gasteiger partial charge in [-0.15, -0.1) is 0 Å². The number of nitrogens with zero attached hydrogens (tertiary/aromatic N) is 1. The predicted molar refractivity (Wildman–Crippen MR) is 54.6 cm³/mol. The lowest BCUT2D eigenvalue weighted by Crippen LogP contribution is -2.22. The van der Waals surface area contributed by atoms with Crippen molar-refractivity contribution >= 4 is 11.6 Å². The van der Waals surface area contributed by atoms with E-state index in [9.17, 15) is 4.79 Å². The minimum Gasteiger partial charge on any atom is -0.497 e. The lowest BCUT2D eigenvalue weighted by Gasteiger charge is -2.21. The van der Waals surface area contributed by atoms with Gasteiger partial charge in [0.2, 0.25) is 5.91 Å². The zero-order chi connectivity index (χ0) is 10.8. The van der Waals surface area contributed by atoms with Crippen LogP contribution in [0.25, 0.3) is 0 Å². The third kappa shape index (κ3) is 1.64. The summed E-state index contributed by atoms with van der Waals surface area (Å²) in [5, 5.41) is 11.6. The fourth-order valence-electron chi connectivity index (χ4n) is 1.69. The van der Waals surface area contributed by atoms with E-state index in [0.717, 1.165) is 5.56 Å². The minimum atomic E-state index is -0.348. The summed E-state index contributed by atoms with van der Waals surface area (Å²) in [7, 11) is 1.56. The van der Waals surface area contributed by atoms with Crippen molar-refractivity contribution in [2.75, 3.05) is 12.4 Å². The minimum absolute atomic E-state index is 0.123. The molecule has 76 valence electrons. The Hall–Kier alpha value is -2.02. The Morgan fingerprint density at radius 1 is 1.60 bits per heavy atom. The van der Waals surface area contributed by atoms with Crippen molar-refractivity contribution in [2.45, 2.75) is 12.3 Å². The fraction of sp³-hybridized carbons (Fsp3) is 0.273. The van der Waals surface area contributed by atoms with Gasteiger partial charge in [-0.3, -0.25) is 4.79 Å². The van der Waals surface area contributed by atoms with Gasteiger partial charge in [-0.2, -0.15) is 5.26 Å². The third-order valence-corrected chi connectivity index (χ3v) is 2.46. The van der Waals surface area contributed by atoms with Gasteiger partial charge in [0.1, 0.15) is 5.75 Å². The van der Waals surface area contributed by atoms with Gasteiger partial charge in [-0.05, 0) is 11.6 Å². The van der Waals surface area contributed by atoms with Gasteiger partial charge in [0.25, 0.3) is 0 Å². The quantitative estimate of drug-likeness (QED) is 0.753. The number of carbonyl (C=O) groups is 1. The SMILES string of the molecule is COc1ccc2c(c1)NC(=O)C[C@@H]2C#N. The lowest BCUT2D eigenvalue weighted by molar-refractivity contribution is -0.116. The van der Waals surface area contributed by atoms with Crippen molar-refractivity contribution < 1.29 is 9.53 Å². The molecule has 1 aromatic carbocycles. The Balaban J connectivity index is 2.47. The average molecular weight is 202 g/mol. The monoisotopic (exact) mass is 202 g/mol. The molecule has 1 heterocycles. The maximum Gasteiger partial charge on any atom is 0.226 e. The summed E-state index contributed by atoms with van der Waals surface area (Å²) in [5.41, 5.74) is 1.54. The van der Waals surface area contributed by atoms with Gasteiger partial charge in [-0.1, -0.05) is 6.07 Å². The molecule has 0 saturated carbocycles. The van der Waals surface area contributed by atoms with E-state index < -0.39 is 0 Å². The maximum absolute atomic E-state index is 11.3. The lowest BCUT2D eigenvalue weighted by atomic mass is 9.92. The van der Waals surface area contributed by atoms with Gasteiger partial charge in [0.15, 0.2) is 0 Å². The third-order valence-electron chi connectivity index (χ3n) is 2.46. The van der Waals surface area contributed by atoms with Crippen LogP contribution in [0.15, 0.2) is 18.2 Å². The molecule has 1 amide bonds. The summed E-state index contributed by atoms with van der Waals surface area (Å²) < 4.78 is 5.05. The molecule has 1 atom stereocenters. The second kappa shape index (κ2) is 3.62. The molecule has 0 bridgehead atoms. The smallest absolute Gasteiger partial charge is 0.226 e. The number of methoxy groups -OCH3 is 1. The highest BCUT2D eigenvalue weighted by Gasteiger charge is 2.24. The van der Waals surface area contributed by atoms with Crippen molar-refractivity contribution in [1.29, 1.82) is 5.26 Å². The molecule has 0 spiro atoms. The average Bonchev–Trinajstić information content (AvgIpc) is 2.26. The molecule has 0 fully saturated rings. The molecule has 1 aromatic rings. The van der Waals surface area contributed by atoms with Crippen LogP contribution in [0.5, 0.6) is 5.75 Å². The van der Waals surface area contributed by atoms with Crippen LogP contribution in [0.2, 0.25) is 0 Å². The first-order valence-electron chi connectivity index (χ1n) is 4.62. The molecule has 15 heavy (non-hydrogen) atoms. The molecule has 0 radical (unpaired) electrons. The van der Waals surface area contributed by atoms with E-state index in [1.165, 1.54) is 0 Å². The number of benzene rings is 1. The molecule has 2 rings (SSSR count). The van der Waals surface area contributed by atoms with Gasteiger partial charge in [0.05, 0.1) is 19.1 Å². The largest absolute Gasteiger partial charge is 0.497 e. The summed E-state index contributed by atoms with van der Waals surface area (Å²) in [6.45, 7) is 0. The Bertz CT molecular complexity index is 448. The summed E-state index contributed by atoms with van der Waals surface area (Å²) in [4.78, 5) is 11.3. The number of amides is 1. The standard InChI is InChI=1S/C11H10N2O2/c1-15-8-2-3-9-7(6-12)4-11(14)13-10(9)5-8/h2-3,5,7H,4H2,1H3,(H,13,14)/t7-/m1/s1. The van der Waals surface area contributed by atoms with Gasteiger partial charge >= 0.3 is 0 Å². The molecular formula is C11H10N2O2. The van der Waals surface area contributed by atoms with Crippen LogP contribution in [-0.2, 0) is 4.79 Å². The molecule has 4 heteroatoms. The zero-order valence-corrected chi connectivity index (χ0v) is 8.28. The van der Waals surface area contributed by atoms with E-state index in [2.05, 4.69) is 11.4 Å². The molecule has 0 aliphatic carbocycles. The number of nitrogens with one attached hydrogen (secondary N) is 1. The van der Waals surface area contributed by atoms with Crippen LogP contribution in [-0.4, -0.2) is 13.0 Å². The summed E-state index contributed by atoms with van der Waals surface area (Å²) in [6, 6.07) is 7.47. The van der Waals surface area contributed by atoms with Crippen LogP contribution >= 0.6 is 0 Å². The van der Waals surface area contributed by atoms with Crippen LogP contribution in [0, 0.1) is 11.3 Å². The van der Waals surface area contributed by atoms with E-state index >= 15 is 0 Å². The van der Waals surface area contributed by atoms with Crippen LogP contribution in [0.1, 0.15) is 17.9 Å². The van der Waals surface area contributed by atoms with Gasteiger partial charge in [-0.25, -0.2) is 0 Å². The number of fused-ring (bicyclic) bond motifs is 1. The number of nitriles is 1. The molecule has 0 aromatic heterocycles. The van der Waals surface area contributed by atoms with Crippen molar-refractivity contribution in [1.82, 2.24) is 0 Å². The Morgan fingerprint density at radius 2 is 2.40 bits per heavy atom. The molecule has 1 aliphatic rings. The van der Waals surface area contributed by atoms with Crippen LogP contribution in [0.4, 0.5) is 5.69 Å². The second-order valence-electron chi connectivity index (χ2n) is 3.39. The first-order valence-corrected chi connectivity index (χ1v) is 4.62. The Labute approximate surface area is 87.5 Å². The highest BCUT2D eigenvalue weighted by Crippen LogP contribution is 2.34. The summed E-state index contributed by atoms with van der Waals surface area (Å²) in [5.74, 6) is 0.203. The summed E-state index contributed by atoms with van der Waals surface area (Å²) in [6.07, 6.45) is 0.232. The van der Waals surface area contributed by atoms with E-state index in [1.807, 2.05) is 6.07 Å². The molecule has 1 N–H and O–H groups in total. The topological polar surface area (TPSA) is 62.1 Å². The van der Waals surface area contributed by atoms with Crippen LogP contribution < -0.4 is 10.1 Å². The molecule has 1 aliphatic heterocycles. The molecule has 0 saturated heterocycles. The van der Waals surface area contributed by atoms with E-state index in [1.54, 1.807) is 19.2 Å². The molecular weight excluding hydrogens is 192 g/mol. The number of hydrogen-bond donors (Lipinski definition) is 1. The van der Waals surface area contributed by atoms with Crippen molar-refractivity contribution in [2.24, 2.45) is 0 Å². The number of ether oxygens (including phenoxy) is 1. The van der Waals surface area contributed by atoms with Crippen molar-refractivity contribution in [3.05, 3.63) is 23.8 Å². The van der Waals surface area contributed by atoms with E-state index in [4.69, 9.17) is 10.00 Å². The van der Waals surface area contributed by atoms with Gasteiger partial charge in [0, 0.05) is 18.2 Å². The van der Waals surface area contributed by atoms with E-state index in [-0.39, 0.29) is 18.2 Å². The van der Waals surface area contributed by atoms with E-state index in [0.29, 0.717) is 11.4 Å². The normalized spacial score (nSPS) is 18.7. The number of rotatable bonds is 1. The highest BCUT2D eigenvalue weighted by atomic mass is 16.5. The number of hydrogen-bond acceptors (Lipinski definition) is 3. The summed E-state index contributed by atoms with van der Waals surface area (Å²) >= 11 is 0. The predicted octanol–water partition coefficient (Wildman–Crippen LogP) is 1.64. The van der Waals surface area contributed by atoms with Crippen molar-refractivity contribution in [3.8, 4) is 11.8 Å². The molecule has 4 nitrogen and oxygen atoms in total. The first-order chi connectivity index (χ1) is 7.24. The Morgan fingerprint density at radius 3 is 3.07 bits per heavy atom. The Kier molecular flexibility index (Phi) is 2.30. The fourth-order valence-corrected chi connectivity index (χ4v) is 1.69. The second-order valence-corrected chi connectivity index (χ2v) is 3.39.